The van der Waals surface area contributed by atoms with Crippen LogP contribution in [-0.4, -0.2) is 35.8 Å². The minimum absolute atomic E-state index is 0.0802. The van der Waals surface area contributed by atoms with E-state index in [0.717, 1.165) is 6.26 Å². The van der Waals surface area contributed by atoms with Gasteiger partial charge < -0.3 is 4.74 Å². The van der Waals surface area contributed by atoms with E-state index in [2.05, 4.69) is 5.10 Å². The van der Waals surface area contributed by atoms with Gasteiger partial charge in [0.05, 0.1) is 16.2 Å². The fourth-order valence-corrected chi connectivity index (χ4v) is 3.81. The standard InChI is InChI=1S/C19H22N2O4S/c1-5-19(6-2)18(22)16(15-11-12-21(3)20-15)17(25-19)13-7-9-14(10-8-13)26(4,23)24/h7-12H,5-6H2,1-4H3. The van der Waals surface area contributed by atoms with Crippen LogP contribution in [0.25, 0.3) is 11.3 Å². The Morgan fingerprint density at radius 1 is 1.12 bits per heavy atom. The number of hydrogen-bond donors (Lipinski definition) is 0. The van der Waals surface area contributed by atoms with Crippen molar-refractivity contribution in [3.63, 3.8) is 0 Å². The van der Waals surface area contributed by atoms with Crippen LogP contribution < -0.4 is 0 Å². The number of nitrogens with zero attached hydrogens (tertiary/aromatic N) is 2. The monoisotopic (exact) mass is 374 g/mol. The molecule has 1 aliphatic heterocycles. The van der Waals surface area contributed by atoms with Gasteiger partial charge in [-0.3, -0.25) is 9.48 Å². The Morgan fingerprint density at radius 2 is 1.73 bits per heavy atom. The summed E-state index contributed by atoms with van der Waals surface area (Å²) in [6.07, 6.45) is 4.03. The molecule has 0 spiro atoms. The molecule has 1 aliphatic rings. The summed E-state index contributed by atoms with van der Waals surface area (Å²) in [4.78, 5) is 13.4. The third-order valence-electron chi connectivity index (χ3n) is 4.82. The van der Waals surface area contributed by atoms with E-state index in [4.69, 9.17) is 4.74 Å². The van der Waals surface area contributed by atoms with Crippen LogP contribution in [0, 0.1) is 0 Å². The van der Waals surface area contributed by atoms with E-state index in [-0.39, 0.29) is 10.7 Å². The molecule has 3 rings (SSSR count). The van der Waals surface area contributed by atoms with Gasteiger partial charge in [-0.2, -0.15) is 5.10 Å². The van der Waals surface area contributed by atoms with Gasteiger partial charge in [-0.1, -0.05) is 13.8 Å². The Balaban J connectivity index is 2.16. The minimum atomic E-state index is -3.29. The molecular formula is C19H22N2O4S. The van der Waals surface area contributed by atoms with Gasteiger partial charge in [-0.15, -0.1) is 0 Å². The fourth-order valence-electron chi connectivity index (χ4n) is 3.18. The predicted molar refractivity (Wildman–Crippen MR) is 99.0 cm³/mol. The zero-order valence-corrected chi connectivity index (χ0v) is 16.1. The molecule has 0 radical (unpaired) electrons. The molecule has 6 nitrogen and oxygen atoms in total. The number of Topliss-reactive ketones (excluding diaryl/α,β-unsaturated/α-hetero) is 1. The summed E-state index contributed by atoms with van der Waals surface area (Å²) >= 11 is 0. The zero-order valence-electron chi connectivity index (χ0n) is 15.3. The van der Waals surface area contributed by atoms with Crippen molar-refractivity contribution in [2.24, 2.45) is 7.05 Å². The molecule has 138 valence electrons. The van der Waals surface area contributed by atoms with E-state index in [1.807, 2.05) is 13.8 Å². The van der Waals surface area contributed by atoms with Crippen LogP contribution in [0.1, 0.15) is 37.9 Å². The maximum absolute atomic E-state index is 13.2. The second-order valence-corrected chi connectivity index (χ2v) is 8.52. The normalized spacial score (nSPS) is 16.8. The summed E-state index contributed by atoms with van der Waals surface area (Å²) in [6.45, 7) is 3.85. The van der Waals surface area contributed by atoms with E-state index >= 15 is 0 Å². The first-order valence-corrected chi connectivity index (χ1v) is 10.4. The van der Waals surface area contributed by atoms with Crippen LogP contribution in [0.2, 0.25) is 0 Å². The van der Waals surface area contributed by atoms with E-state index in [0.29, 0.717) is 35.4 Å². The van der Waals surface area contributed by atoms with Crippen molar-refractivity contribution < 1.29 is 17.9 Å². The lowest BCUT2D eigenvalue weighted by Crippen LogP contribution is -2.35. The number of sulfone groups is 1. The second kappa shape index (κ2) is 6.39. The highest BCUT2D eigenvalue weighted by Crippen LogP contribution is 2.44. The number of ketones is 1. The number of hydrogen-bond acceptors (Lipinski definition) is 5. The molecule has 0 fully saturated rings. The highest BCUT2D eigenvalue weighted by molar-refractivity contribution is 7.90. The van der Waals surface area contributed by atoms with Crippen LogP contribution >= 0.6 is 0 Å². The maximum atomic E-state index is 13.2. The van der Waals surface area contributed by atoms with Gasteiger partial charge in [0, 0.05) is 25.1 Å². The van der Waals surface area contributed by atoms with Crippen LogP contribution in [0.15, 0.2) is 41.4 Å². The summed E-state index contributed by atoms with van der Waals surface area (Å²) in [5, 5.41) is 4.37. The molecule has 0 atom stereocenters. The maximum Gasteiger partial charge on any atom is 0.212 e. The minimum Gasteiger partial charge on any atom is -0.478 e. The Bertz CT molecular complexity index is 981. The number of benzene rings is 1. The molecule has 0 saturated carbocycles. The van der Waals surface area contributed by atoms with Crippen molar-refractivity contribution >= 4 is 27.0 Å². The van der Waals surface area contributed by atoms with Crippen LogP contribution in [-0.2, 0) is 26.4 Å². The Labute approximate surface area is 153 Å². The van der Waals surface area contributed by atoms with Crippen LogP contribution in [0.4, 0.5) is 0 Å². The molecular weight excluding hydrogens is 352 g/mol. The molecule has 0 unspecified atom stereocenters. The molecule has 0 N–H and O–H groups in total. The van der Waals surface area contributed by atoms with Crippen molar-refractivity contribution in [1.82, 2.24) is 9.78 Å². The summed E-state index contributed by atoms with van der Waals surface area (Å²) in [6, 6.07) is 8.18. The van der Waals surface area contributed by atoms with Crippen molar-refractivity contribution in [3.8, 4) is 0 Å². The molecule has 7 heteroatoms. The fraction of sp³-hybridized carbons (Fsp3) is 0.368. The van der Waals surface area contributed by atoms with Gasteiger partial charge in [-0.05, 0) is 43.2 Å². The molecule has 1 aromatic carbocycles. The SMILES string of the molecule is CCC1(CC)OC(c2ccc(S(C)(=O)=O)cc2)=C(c2ccn(C)n2)C1=O. The number of ether oxygens (including phenoxy) is 1. The van der Waals surface area contributed by atoms with Crippen molar-refractivity contribution in [3.05, 3.63) is 47.8 Å². The highest BCUT2D eigenvalue weighted by atomic mass is 32.2. The van der Waals surface area contributed by atoms with Gasteiger partial charge in [0.2, 0.25) is 5.78 Å². The van der Waals surface area contributed by atoms with Gasteiger partial charge in [0.1, 0.15) is 5.76 Å². The van der Waals surface area contributed by atoms with E-state index in [9.17, 15) is 13.2 Å². The smallest absolute Gasteiger partial charge is 0.212 e. The van der Waals surface area contributed by atoms with Crippen LogP contribution in [0.5, 0.6) is 0 Å². The highest BCUT2D eigenvalue weighted by Gasteiger charge is 2.48. The third kappa shape index (κ3) is 2.96. The molecule has 1 aromatic heterocycles. The quantitative estimate of drug-likeness (QED) is 0.804. The molecule has 2 aromatic rings. The average Bonchev–Trinajstić information content (AvgIpc) is 3.15. The summed E-state index contributed by atoms with van der Waals surface area (Å²) in [5.41, 5.74) is 0.762. The molecule has 26 heavy (non-hydrogen) atoms. The molecule has 2 heterocycles. The third-order valence-corrected chi connectivity index (χ3v) is 5.95. The second-order valence-electron chi connectivity index (χ2n) is 6.51. The van der Waals surface area contributed by atoms with Crippen LogP contribution in [0.3, 0.4) is 0 Å². The number of aromatic nitrogens is 2. The zero-order chi connectivity index (χ0) is 19.1. The first-order valence-electron chi connectivity index (χ1n) is 8.50. The average molecular weight is 374 g/mol. The number of carbonyl (C=O) groups excluding carboxylic acids is 1. The lowest BCUT2D eigenvalue weighted by molar-refractivity contribution is -0.128. The Hall–Kier alpha value is -2.41. The van der Waals surface area contributed by atoms with Crippen molar-refractivity contribution in [1.29, 1.82) is 0 Å². The summed E-state index contributed by atoms with van der Waals surface area (Å²) in [7, 11) is -1.50. The van der Waals surface area contributed by atoms with Gasteiger partial charge in [0.15, 0.2) is 15.4 Å². The molecule has 0 amide bonds. The Kier molecular flexibility index (Phi) is 4.52. The van der Waals surface area contributed by atoms with E-state index in [1.54, 1.807) is 36.1 Å². The van der Waals surface area contributed by atoms with Gasteiger partial charge in [-0.25, -0.2) is 8.42 Å². The van der Waals surface area contributed by atoms with Gasteiger partial charge >= 0.3 is 0 Å². The number of rotatable bonds is 5. The van der Waals surface area contributed by atoms with Crippen molar-refractivity contribution in [2.45, 2.75) is 37.2 Å². The van der Waals surface area contributed by atoms with E-state index in [1.165, 1.54) is 12.1 Å². The molecule has 0 bridgehead atoms. The first kappa shape index (κ1) is 18.4. The number of aryl methyl sites for hydroxylation is 1. The first-order chi connectivity index (χ1) is 12.2. The summed E-state index contributed by atoms with van der Waals surface area (Å²) in [5.74, 6) is 0.376. The number of carbonyl (C=O) groups is 1. The topological polar surface area (TPSA) is 78.3 Å². The van der Waals surface area contributed by atoms with Crippen molar-refractivity contribution in [2.75, 3.05) is 6.26 Å². The lowest BCUT2D eigenvalue weighted by atomic mass is 9.88. The Morgan fingerprint density at radius 3 is 2.19 bits per heavy atom. The molecule has 0 aliphatic carbocycles. The molecule has 0 saturated heterocycles. The lowest BCUT2D eigenvalue weighted by Gasteiger charge is -2.25. The summed E-state index contributed by atoms with van der Waals surface area (Å²) < 4.78 is 31.2. The predicted octanol–water partition coefficient (Wildman–Crippen LogP) is 2.85. The largest absolute Gasteiger partial charge is 0.478 e. The van der Waals surface area contributed by atoms with Gasteiger partial charge in [0.25, 0.3) is 0 Å². The van der Waals surface area contributed by atoms with E-state index < -0.39 is 15.4 Å².